The van der Waals surface area contributed by atoms with Gasteiger partial charge in [-0.3, -0.25) is 9.59 Å². The molecule has 0 spiro atoms. The first-order valence-electron chi connectivity index (χ1n) is 28.5. The smallest absolute Gasteiger partial charge is 0.251 e. The van der Waals surface area contributed by atoms with Crippen molar-refractivity contribution in [2.75, 3.05) is 48.3 Å². The number of aromatic nitrogens is 2. The third kappa shape index (κ3) is 14.4. The predicted molar refractivity (Wildman–Crippen MR) is 338 cm³/mol. The van der Waals surface area contributed by atoms with Gasteiger partial charge in [-0.05, 0) is 179 Å². The minimum absolute atomic E-state index is 0.0773. The van der Waals surface area contributed by atoms with Gasteiger partial charge in [0.25, 0.3) is 11.8 Å². The van der Waals surface area contributed by atoms with Crippen LogP contribution in [0.15, 0.2) is 174 Å². The molecule has 1 aliphatic rings. The Morgan fingerprint density at radius 2 is 1.04 bits per heavy atom. The molecule has 9 N–H and O–H groups in total. The van der Waals surface area contributed by atoms with Crippen LogP contribution in [0.25, 0.3) is 38.9 Å². The number of aliphatic imine (C=N–C) groups is 1. The number of hydrogen-bond acceptors (Lipinski definition) is 9. The van der Waals surface area contributed by atoms with Crippen molar-refractivity contribution in [3.8, 4) is 16.8 Å². The van der Waals surface area contributed by atoms with E-state index in [2.05, 4.69) is 144 Å². The first-order chi connectivity index (χ1) is 39.2. The highest BCUT2D eigenvalue weighted by atomic mass is 16.2. The van der Waals surface area contributed by atoms with Crippen molar-refractivity contribution in [3.63, 3.8) is 0 Å². The lowest BCUT2D eigenvalue weighted by atomic mass is 9.99. The molecule has 9 rings (SSSR count). The molecule has 12 heteroatoms. The average molecular weight is 1080 g/mol. The van der Waals surface area contributed by atoms with Gasteiger partial charge in [-0.25, -0.2) is 9.98 Å². The van der Waals surface area contributed by atoms with E-state index < -0.39 is 0 Å². The number of carbonyl (C=O) groups is 2. The maximum absolute atomic E-state index is 13.0. The van der Waals surface area contributed by atoms with Crippen molar-refractivity contribution >= 4 is 73.7 Å². The number of aryl methyl sites for hydroxylation is 5. The number of anilines is 5. The van der Waals surface area contributed by atoms with Gasteiger partial charge in [-0.2, -0.15) is 0 Å². The summed E-state index contributed by atoms with van der Waals surface area (Å²) >= 11 is 0. The number of unbranched alkanes of at least 4 members (excludes halogenated alkanes) is 6. The fourth-order valence-electron chi connectivity index (χ4n) is 10.1. The molecule has 2 amide bonds. The molecule has 7 aromatic carbocycles. The highest BCUT2D eigenvalue weighted by molar-refractivity contribution is 6.13. The third-order valence-corrected chi connectivity index (χ3v) is 15.1. The Hall–Kier alpha value is -9.03. The molecule has 0 saturated carbocycles. The number of nitrogens with zero attached hydrogens (tertiary/aromatic N) is 3. The Morgan fingerprint density at radius 1 is 0.531 bits per heavy atom. The number of nitrogens with one attached hydrogen (secondary N) is 5. The van der Waals surface area contributed by atoms with Crippen LogP contribution < -0.4 is 42.6 Å². The van der Waals surface area contributed by atoms with Crippen LogP contribution in [-0.4, -0.2) is 48.7 Å². The van der Waals surface area contributed by atoms with E-state index in [0.717, 1.165) is 171 Å². The number of carbonyl (C=O) groups excluding carboxylic acids is 2. The Labute approximate surface area is 477 Å². The molecule has 1 aromatic heterocycles. The summed E-state index contributed by atoms with van der Waals surface area (Å²) in [4.78, 5) is 36.1. The number of benzene rings is 7. The number of fused-ring (bicyclic) bond motifs is 2. The van der Waals surface area contributed by atoms with E-state index in [1.807, 2.05) is 80.6 Å². The monoisotopic (exact) mass is 1080 g/mol. The van der Waals surface area contributed by atoms with Crippen molar-refractivity contribution in [2.24, 2.45) is 4.99 Å². The molecule has 8 aromatic rings. The van der Waals surface area contributed by atoms with Gasteiger partial charge < -0.3 is 38.1 Å². The fourth-order valence-corrected chi connectivity index (χ4v) is 10.1. The van der Waals surface area contributed by atoms with E-state index >= 15 is 0 Å². The quantitative estimate of drug-likeness (QED) is 0.0143. The maximum atomic E-state index is 13.0. The highest BCUT2D eigenvalue weighted by Gasteiger charge is 2.22. The largest absolute Gasteiger partial charge is 0.398 e. The SMILES string of the molecule is C=C1C=C(NCCCCCCNC(=O)c2ccc(-c3ccc(C(=O)NCCCCCCNc4cc5c(cc4C)nc4cc(C)c(N)cc4[n+]5-c4ccc(C)cc4)cc3)cc2)C(C)=CC1=Nc1cc(C)c(N)cc1Nc1ccc(C)cc1. The zero-order chi connectivity index (χ0) is 57.0. The molecule has 0 saturated heterocycles. The van der Waals surface area contributed by atoms with Gasteiger partial charge in [0, 0.05) is 90.0 Å². The number of nitrogens with two attached hydrogens (primary N) is 2. The molecule has 81 heavy (non-hydrogen) atoms. The van der Waals surface area contributed by atoms with Crippen molar-refractivity contribution in [2.45, 2.75) is 92.9 Å². The van der Waals surface area contributed by atoms with Gasteiger partial charge in [0.2, 0.25) is 16.7 Å². The second kappa shape index (κ2) is 26.3. The van der Waals surface area contributed by atoms with Gasteiger partial charge in [0.05, 0.1) is 17.1 Å². The Morgan fingerprint density at radius 3 is 1.63 bits per heavy atom. The molecule has 0 aliphatic heterocycles. The summed E-state index contributed by atoms with van der Waals surface area (Å²) in [6, 6.07) is 44.5. The molecule has 0 unspecified atom stereocenters. The van der Waals surface area contributed by atoms with E-state index in [-0.39, 0.29) is 11.8 Å². The van der Waals surface area contributed by atoms with E-state index in [9.17, 15) is 9.59 Å². The zero-order valence-corrected chi connectivity index (χ0v) is 47.9. The van der Waals surface area contributed by atoms with Crippen molar-refractivity contribution < 1.29 is 14.2 Å². The lowest BCUT2D eigenvalue weighted by Crippen LogP contribution is -2.33. The summed E-state index contributed by atoms with van der Waals surface area (Å²) in [5.74, 6) is -0.157. The van der Waals surface area contributed by atoms with Crippen LogP contribution in [0.2, 0.25) is 0 Å². The number of allylic oxidation sites excluding steroid dienone is 4. The maximum Gasteiger partial charge on any atom is 0.251 e. The van der Waals surface area contributed by atoms with Crippen molar-refractivity contribution in [3.05, 3.63) is 208 Å². The normalized spacial score (nSPS) is 12.8. The molecule has 1 aliphatic carbocycles. The van der Waals surface area contributed by atoms with Crippen LogP contribution in [0.3, 0.4) is 0 Å². The average Bonchev–Trinajstić information content (AvgIpc) is 3.52. The summed E-state index contributed by atoms with van der Waals surface area (Å²) in [6.07, 6.45) is 12.1. The van der Waals surface area contributed by atoms with E-state index in [4.69, 9.17) is 21.4 Å². The van der Waals surface area contributed by atoms with Crippen LogP contribution >= 0.6 is 0 Å². The Bertz CT molecular complexity index is 3690. The number of amides is 2. The van der Waals surface area contributed by atoms with Crippen LogP contribution in [0.4, 0.5) is 34.1 Å². The van der Waals surface area contributed by atoms with Gasteiger partial charge >= 0.3 is 0 Å². The minimum Gasteiger partial charge on any atom is -0.398 e. The van der Waals surface area contributed by atoms with Gasteiger partial charge in [0.1, 0.15) is 11.0 Å². The lowest BCUT2D eigenvalue weighted by Gasteiger charge is -2.19. The molecular formula is C69H77N10O2+. The van der Waals surface area contributed by atoms with E-state index in [1.54, 1.807) is 0 Å². The van der Waals surface area contributed by atoms with Crippen LogP contribution in [-0.2, 0) is 0 Å². The summed E-state index contributed by atoms with van der Waals surface area (Å²) in [5.41, 5.74) is 35.4. The Kier molecular flexibility index (Phi) is 18.4. The predicted octanol–water partition coefficient (Wildman–Crippen LogP) is 14.2. The molecular weight excluding hydrogens is 1000 g/mol. The summed E-state index contributed by atoms with van der Waals surface area (Å²) in [7, 11) is 0. The molecule has 0 bridgehead atoms. The van der Waals surface area contributed by atoms with Gasteiger partial charge in [0.15, 0.2) is 0 Å². The molecule has 414 valence electrons. The molecule has 0 fully saturated rings. The summed E-state index contributed by atoms with van der Waals surface area (Å²) in [6.45, 7) is 19.7. The second-order valence-corrected chi connectivity index (χ2v) is 21.6. The standard InChI is InChI=1S/C69H76N10O2/c1-44-16-28-55(29-17-44)76-63-41-57(70)46(3)36-62(63)77-61-39-48(5)59(38-50(61)7)72-32-12-8-10-14-34-74-68(80)53-24-20-51(21-25-53)52-22-26-54(27-23-52)69(81)75-35-15-11-9-13-33-73-60-43-67-65(40-49(60)6)78-64-37-47(4)58(71)42-66(64)79(67)56-30-18-45(2)19-31-56/h16-31,36-43,72,76H,7-15,32-35,70H2,1-6H3,(H4,71,73,74,75,80,81)/p+1. The number of rotatable bonds is 23. The van der Waals surface area contributed by atoms with E-state index in [1.165, 1.54) is 11.1 Å². The lowest BCUT2D eigenvalue weighted by molar-refractivity contribution is -0.538. The molecule has 1 heterocycles. The van der Waals surface area contributed by atoms with Gasteiger partial charge in [-0.15, -0.1) is 4.57 Å². The summed E-state index contributed by atoms with van der Waals surface area (Å²) in [5, 5.41) is 16.9. The van der Waals surface area contributed by atoms with Gasteiger partial charge in [-0.1, -0.05) is 91.9 Å². The van der Waals surface area contributed by atoms with E-state index in [0.29, 0.717) is 29.9 Å². The topological polar surface area (TPSA) is 175 Å². The summed E-state index contributed by atoms with van der Waals surface area (Å²) < 4.78 is 2.26. The first-order valence-corrected chi connectivity index (χ1v) is 28.5. The molecule has 0 atom stereocenters. The molecule has 0 radical (unpaired) electrons. The minimum atomic E-state index is -0.0798. The fraction of sp³-hybridized carbons (Fsp3) is 0.261. The number of nitrogen functional groups attached to an aromatic ring is 2. The second-order valence-electron chi connectivity index (χ2n) is 21.6. The Balaban J connectivity index is 0.647. The highest BCUT2D eigenvalue weighted by Crippen LogP contribution is 2.35. The van der Waals surface area contributed by atoms with Crippen molar-refractivity contribution in [1.29, 1.82) is 0 Å². The zero-order valence-electron chi connectivity index (χ0n) is 47.9. The third-order valence-electron chi connectivity index (χ3n) is 15.1. The first kappa shape index (κ1) is 56.7. The number of hydrogen-bond donors (Lipinski definition) is 7. The molecule has 12 nitrogen and oxygen atoms in total. The van der Waals surface area contributed by atoms with Crippen LogP contribution in [0.5, 0.6) is 0 Å². The van der Waals surface area contributed by atoms with Crippen LogP contribution in [0, 0.1) is 34.6 Å². The van der Waals surface area contributed by atoms with Crippen LogP contribution in [0.1, 0.15) is 107 Å². The van der Waals surface area contributed by atoms with Crippen molar-refractivity contribution in [1.82, 2.24) is 20.9 Å².